The SMILES string of the molecule is Cc1cc(N2CCCCC2CN)nc(Cl)n1. The Hall–Kier alpha value is -0.870. The molecule has 1 saturated heterocycles. The monoisotopic (exact) mass is 240 g/mol. The summed E-state index contributed by atoms with van der Waals surface area (Å²) >= 11 is 5.88. The van der Waals surface area contributed by atoms with Crippen molar-refractivity contribution in [3.05, 3.63) is 17.0 Å². The van der Waals surface area contributed by atoms with E-state index in [1.165, 1.54) is 12.8 Å². The smallest absolute Gasteiger partial charge is 0.224 e. The number of piperidine rings is 1. The first kappa shape index (κ1) is 11.6. The Morgan fingerprint density at radius 1 is 1.50 bits per heavy atom. The summed E-state index contributed by atoms with van der Waals surface area (Å²) in [4.78, 5) is 10.6. The molecule has 4 nitrogen and oxygen atoms in total. The Morgan fingerprint density at radius 2 is 2.31 bits per heavy atom. The van der Waals surface area contributed by atoms with E-state index in [2.05, 4.69) is 14.9 Å². The van der Waals surface area contributed by atoms with E-state index >= 15 is 0 Å². The van der Waals surface area contributed by atoms with E-state index in [9.17, 15) is 0 Å². The zero-order chi connectivity index (χ0) is 11.5. The van der Waals surface area contributed by atoms with Gasteiger partial charge in [0.2, 0.25) is 5.28 Å². The maximum absolute atomic E-state index is 5.88. The van der Waals surface area contributed by atoms with Crippen LogP contribution in [0.25, 0.3) is 0 Å². The minimum atomic E-state index is 0.316. The quantitative estimate of drug-likeness (QED) is 0.801. The van der Waals surface area contributed by atoms with E-state index in [4.69, 9.17) is 17.3 Å². The lowest BCUT2D eigenvalue weighted by Gasteiger charge is -2.36. The zero-order valence-corrected chi connectivity index (χ0v) is 10.2. The Morgan fingerprint density at radius 3 is 3.00 bits per heavy atom. The van der Waals surface area contributed by atoms with Crippen molar-refractivity contribution >= 4 is 17.4 Å². The van der Waals surface area contributed by atoms with Gasteiger partial charge >= 0.3 is 0 Å². The molecule has 0 spiro atoms. The number of rotatable bonds is 2. The highest BCUT2D eigenvalue weighted by Gasteiger charge is 2.22. The normalized spacial score (nSPS) is 21.2. The van der Waals surface area contributed by atoms with Crippen molar-refractivity contribution in [3.63, 3.8) is 0 Å². The molecule has 1 aliphatic heterocycles. The molecule has 1 fully saturated rings. The van der Waals surface area contributed by atoms with Crippen molar-refractivity contribution in [1.29, 1.82) is 0 Å². The van der Waals surface area contributed by atoms with Crippen LogP contribution in [0.1, 0.15) is 25.0 Å². The summed E-state index contributed by atoms with van der Waals surface area (Å²) < 4.78 is 0. The third-order valence-corrected chi connectivity index (χ3v) is 3.18. The van der Waals surface area contributed by atoms with Crippen molar-refractivity contribution in [3.8, 4) is 0 Å². The molecule has 16 heavy (non-hydrogen) atoms. The summed E-state index contributed by atoms with van der Waals surface area (Å²) in [5.41, 5.74) is 6.69. The summed E-state index contributed by atoms with van der Waals surface area (Å²) in [7, 11) is 0. The third kappa shape index (κ3) is 2.44. The van der Waals surface area contributed by atoms with Crippen molar-refractivity contribution < 1.29 is 0 Å². The van der Waals surface area contributed by atoms with Gasteiger partial charge in [0.15, 0.2) is 0 Å². The molecule has 0 bridgehead atoms. The maximum atomic E-state index is 5.88. The molecule has 5 heteroatoms. The van der Waals surface area contributed by atoms with E-state index < -0.39 is 0 Å². The van der Waals surface area contributed by atoms with Crippen LogP contribution in [0.2, 0.25) is 5.28 Å². The van der Waals surface area contributed by atoms with Crippen LogP contribution in [0.15, 0.2) is 6.07 Å². The van der Waals surface area contributed by atoms with Crippen LogP contribution < -0.4 is 10.6 Å². The summed E-state index contributed by atoms with van der Waals surface area (Å²) in [5, 5.41) is 0.316. The Bertz CT molecular complexity index is 349. The molecular weight excluding hydrogens is 224 g/mol. The predicted octanol–water partition coefficient (Wildman–Crippen LogP) is 1.76. The number of hydrogen-bond donors (Lipinski definition) is 1. The average molecular weight is 241 g/mol. The molecule has 1 aliphatic rings. The van der Waals surface area contributed by atoms with Gasteiger partial charge in [-0.3, -0.25) is 0 Å². The molecular formula is C11H17ClN4. The summed E-state index contributed by atoms with van der Waals surface area (Å²) in [5.74, 6) is 0.910. The first-order valence-corrected chi connectivity index (χ1v) is 6.06. The van der Waals surface area contributed by atoms with Crippen molar-refractivity contribution in [1.82, 2.24) is 9.97 Å². The Labute approximate surface area is 101 Å². The van der Waals surface area contributed by atoms with E-state index in [-0.39, 0.29) is 0 Å². The number of nitrogens with zero attached hydrogens (tertiary/aromatic N) is 3. The van der Waals surface area contributed by atoms with Gasteiger partial charge in [-0.25, -0.2) is 9.97 Å². The van der Waals surface area contributed by atoms with Crippen LogP contribution in [0, 0.1) is 6.92 Å². The molecule has 0 amide bonds. The minimum absolute atomic E-state index is 0.316. The fourth-order valence-electron chi connectivity index (χ4n) is 2.21. The number of halogens is 1. The zero-order valence-electron chi connectivity index (χ0n) is 9.49. The lowest BCUT2D eigenvalue weighted by atomic mass is 10.0. The van der Waals surface area contributed by atoms with Gasteiger partial charge in [0.05, 0.1) is 0 Å². The average Bonchev–Trinajstić information content (AvgIpc) is 2.27. The molecule has 1 atom stereocenters. The van der Waals surface area contributed by atoms with Crippen LogP contribution in [-0.4, -0.2) is 29.1 Å². The lowest BCUT2D eigenvalue weighted by Crippen LogP contribution is -2.44. The molecule has 0 aromatic carbocycles. The number of hydrogen-bond acceptors (Lipinski definition) is 4. The highest BCUT2D eigenvalue weighted by atomic mass is 35.5. The Kier molecular flexibility index (Phi) is 3.61. The van der Waals surface area contributed by atoms with E-state index in [0.717, 1.165) is 24.5 Å². The fraction of sp³-hybridized carbons (Fsp3) is 0.636. The number of aryl methyl sites for hydroxylation is 1. The van der Waals surface area contributed by atoms with Gasteiger partial charge < -0.3 is 10.6 Å². The second-order valence-corrected chi connectivity index (χ2v) is 4.55. The summed E-state index contributed by atoms with van der Waals surface area (Å²) in [6, 6.07) is 2.36. The van der Waals surface area contributed by atoms with Gasteiger partial charge in [-0.05, 0) is 37.8 Å². The molecule has 1 unspecified atom stereocenters. The van der Waals surface area contributed by atoms with Crippen LogP contribution >= 0.6 is 11.6 Å². The number of anilines is 1. The molecule has 2 rings (SSSR count). The van der Waals surface area contributed by atoms with Crippen LogP contribution in [0.3, 0.4) is 0 Å². The van der Waals surface area contributed by atoms with Crippen LogP contribution in [0.4, 0.5) is 5.82 Å². The molecule has 0 radical (unpaired) electrons. The fourth-order valence-corrected chi connectivity index (χ4v) is 2.43. The Balaban J connectivity index is 2.26. The molecule has 88 valence electrons. The van der Waals surface area contributed by atoms with Crippen molar-refractivity contribution in [2.75, 3.05) is 18.0 Å². The molecule has 2 heterocycles. The van der Waals surface area contributed by atoms with E-state index in [0.29, 0.717) is 17.9 Å². The van der Waals surface area contributed by atoms with Gasteiger partial charge in [-0.1, -0.05) is 0 Å². The highest BCUT2D eigenvalue weighted by Crippen LogP contribution is 2.23. The standard InChI is InChI=1S/C11H17ClN4/c1-8-6-10(15-11(12)14-8)16-5-3-2-4-9(16)7-13/h6,9H,2-5,7,13H2,1H3. The summed E-state index contributed by atoms with van der Waals surface area (Å²) in [6.45, 7) is 3.60. The largest absolute Gasteiger partial charge is 0.352 e. The lowest BCUT2D eigenvalue weighted by molar-refractivity contribution is 0.462. The second-order valence-electron chi connectivity index (χ2n) is 4.22. The highest BCUT2D eigenvalue weighted by molar-refractivity contribution is 6.28. The van der Waals surface area contributed by atoms with Gasteiger partial charge in [-0.15, -0.1) is 0 Å². The van der Waals surface area contributed by atoms with Gasteiger partial charge in [0.1, 0.15) is 5.82 Å². The van der Waals surface area contributed by atoms with E-state index in [1.54, 1.807) is 0 Å². The maximum Gasteiger partial charge on any atom is 0.224 e. The molecule has 0 saturated carbocycles. The van der Waals surface area contributed by atoms with Crippen molar-refractivity contribution in [2.45, 2.75) is 32.2 Å². The van der Waals surface area contributed by atoms with E-state index in [1.807, 2.05) is 13.0 Å². The number of aromatic nitrogens is 2. The third-order valence-electron chi connectivity index (χ3n) is 3.01. The molecule has 1 aromatic heterocycles. The molecule has 0 aliphatic carbocycles. The van der Waals surface area contributed by atoms with Gasteiger partial charge in [0.25, 0.3) is 0 Å². The molecule has 2 N–H and O–H groups in total. The van der Waals surface area contributed by atoms with Crippen LogP contribution in [-0.2, 0) is 0 Å². The minimum Gasteiger partial charge on any atom is -0.352 e. The predicted molar refractivity (Wildman–Crippen MR) is 65.8 cm³/mol. The van der Waals surface area contributed by atoms with Crippen LogP contribution in [0.5, 0.6) is 0 Å². The summed E-state index contributed by atoms with van der Waals surface area (Å²) in [6.07, 6.45) is 3.57. The van der Waals surface area contributed by atoms with Gasteiger partial charge in [0, 0.05) is 30.9 Å². The first-order chi connectivity index (χ1) is 7.70. The molecule has 1 aromatic rings. The second kappa shape index (κ2) is 4.97. The van der Waals surface area contributed by atoms with Gasteiger partial charge in [-0.2, -0.15) is 0 Å². The first-order valence-electron chi connectivity index (χ1n) is 5.68. The van der Waals surface area contributed by atoms with Crippen molar-refractivity contribution in [2.24, 2.45) is 5.73 Å². The topological polar surface area (TPSA) is 55.0 Å². The number of nitrogens with two attached hydrogens (primary N) is 1.